The zero-order valence-corrected chi connectivity index (χ0v) is 16.5. The van der Waals surface area contributed by atoms with E-state index < -0.39 is 0 Å². The minimum Gasteiger partial charge on any atom is -0.457 e. The number of halogens is 2. The molecule has 0 bridgehead atoms. The fraction of sp³-hybridized carbons (Fsp3) is 0.350. The summed E-state index contributed by atoms with van der Waals surface area (Å²) >= 11 is 3.37. The quantitative estimate of drug-likeness (QED) is 0.617. The first-order valence-corrected chi connectivity index (χ1v) is 9.23. The molecule has 25 heavy (non-hydrogen) atoms. The van der Waals surface area contributed by atoms with Crippen LogP contribution in [0.2, 0.25) is 0 Å². The van der Waals surface area contributed by atoms with Crippen molar-refractivity contribution in [2.24, 2.45) is 0 Å². The lowest BCUT2D eigenvalue weighted by Gasteiger charge is -2.27. The lowest BCUT2D eigenvalue weighted by atomic mass is 10.1. The van der Waals surface area contributed by atoms with Gasteiger partial charge < -0.3 is 4.74 Å². The minimum atomic E-state index is -0.282. The molecule has 2 aromatic carbocycles. The Labute approximate surface area is 163 Å². The molecule has 1 heterocycles. The van der Waals surface area contributed by atoms with E-state index in [1.165, 1.54) is 24.8 Å². The summed E-state index contributed by atoms with van der Waals surface area (Å²) in [7, 11) is 0. The van der Waals surface area contributed by atoms with Crippen LogP contribution in [0, 0.1) is 0 Å². The molecule has 1 fully saturated rings. The predicted octanol–water partition coefficient (Wildman–Crippen LogP) is 5.21. The van der Waals surface area contributed by atoms with Gasteiger partial charge in [-0.25, -0.2) is 4.79 Å². The summed E-state index contributed by atoms with van der Waals surface area (Å²) < 4.78 is 6.46. The van der Waals surface area contributed by atoms with Crippen molar-refractivity contribution in [3.05, 3.63) is 69.7 Å². The molecule has 0 radical (unpaired) electrons. The second-order valence-corrected chi connectivity index (χ2v) is 7.10. The van der Waals surface area contributed by atoms with Crippen LogP contribution in [-0.4, -0.2) is 24.0 Å². The Kier molecular flexibility index (Phi) is 7.94. The van der Waals surface area contributed by atoms with E-state index in [1.54, 1.807) is 12.1 Å². The Morgan fingerprint density at radius 1 is 0.960 bits per heavy atom. The third-order valence-electron chi connectivity index (χ3n) is 4.40. The highest BCUT2D eigenvalue weighted by atomic mass is 79.9. The molecule has 0 amide bonds. The van der Waals surface area contributed by atoms with E-state index in [2.05, 4.69) is 33.0 Å². The number of benzene rings is 2. The van der Waals surface area contributed by atoms with Gasteiger partial charge in [0.1, 0.15) is 6.61 Å². The normalized spacial score (nSPS) is 14.6. The molecule has 0 aliphatic carbocycles. The molecule has 0 saturated carbocycles. The summed E-state index contributed by atoms with van der Waals surface area (Å²) in [5.74, 6) is -0.282. The van der Waals surface area contributed by atoms with Gasteiger partial charge in [-0.15, -0.1) is 12.4 Å². The second kappa shape index (κ2) is 9.95. The smallest absolute Gasteiger partial charge is 0.338 e. The molecule has 0 aromatic heterocycles. The Balaban J connectivity index is 0.00000225. The average molecular weight is 425 g/mol. The van der Waals surface area contributed by atoms with Crippen LogP contribution in [0.5, 0.6) is 0 Å². The van der Waals surface area contributed by atoms with Crippen molar-refractivity contribution in [1.82, 2.24) is 4.90 Å². The van der Waals surface area contributed by atoms with Crippen molar-refractivity contribution in [3.8, 4) is 0 Å². The monoisotopic (exact) mass is 423 g/mol. The molecule has 134 valence electrons. The van der Waals surface area contributed by atoms with Crippen LogP contribution in [0.15, 0.2) is 53.0 Å². The van der Waals surface area contributed by atoms with Gasteiger partial charge in [-0.3, -0.25) is 4.90 Å². The van der Waals surface area contributed by atoms with Crippen LogP contribution < -0.4 is 0 Å². The van der Waals surface area contributed by atoms with Gasteiger partial charge in [0.05, 0.1) is 5.56 Å². The van der Waals surface area contributed by atoms with E-state index in [9.17, 15) is 4.79 Å². The van der Waals surface area contributed by atoms with E-state index in [1.807, 2.05) is 24.3 Å². The maximum atomic E-state index is 12.2. The number of likely N-dealkylation sites (tertiary alicyclic amines) is 1. The van der Waals surface area contributed by atoms with Crippen LogP contribution in [0.1, 0.15) is 40.7 Å². The largest absolute Gasteiger partial charge is 0.457 e. The standard InChI is InChI=1S/C20H22BrNO2.ClH/c21-19-10-8-16(9-11-19)20(23)24-15-18-7-3-2-6-17(18)14-22-12-4-1-5-13-22;/h2-3,6-11H,1,4-5,12-15H2;1H. The topological polar surface area (TPSA) is 29.5 Å². The van der Waals surface area contributed by atoms with Crippen molar-refractivity contribution in [2.75, 3.05) is 13.1 Å². The van der Waals surface area contributed by atoms with E-state index in [0.717, 1.165) is 29.7 Å². The van der Waals surface area contributed by atoms with Gasteiger partial charge in [0.15, 0.2) is 0 Å². The zero-order valence-electron chi connectivity index (χ0n) is 14.1. The van der Waals surface area contributed by atoms with Gasteiger partial charge in [-0.1, -0.05) is 46.6 Å². The van der Waals surface area contributed by atoms with Gasteiger partial charge in [0, 0.05) is 11.0 Å². The Bertz CT molecular complexity index is 684. The maximum Gasteiger partial charge on any atom is 0.338 e. The number of nitrogens with zero attached hydrogens (tertiary/aromatic N) is 1. The Morgan fingerprint density at radius 3 is 2.28 bits per heavy atom. The number of piperidine rings is 1. The van der Waals surface area contributed by atoms with Gasteiger partial charge in [0.2, 0.25) is 0 Å². The third-order valence-corrected chi connectivity index (χ3v) is 4.93. The summed E-state index contributed by atoms with van der Waals surface area (Å²) in [6, 6.07) is 15.5. The minimum absolute atomic E-state index is 0. The molecule has 1 saturated heterocycles. The summed E-state index contributed by atoms with van der Waals surface area (Å²) in [6.07, 6.45) is 3.89. The Morgan fingerprint density at radius 2 is 1.60 bits per heavy atom. The number of ether oxygens (including phenoxy) is 1. The molecular formula is C20H23BrClNO2. The molecule has 2 aromatic rings. The van der Waals surface area contributed by atoms with E-state index >= 15 is 0 Å². The van der Waals surface area contributed by atoms with Crippen molar-refractivity contribution >= 4 is 34.3 Å². The molecule has 0 N–H and O–H groups in total. The maximum absolute atomic E-state index is 12.2. The molecule has 5 heteroatoms. The molecule has 0 spiro atoms. The number of carbonyl (C=O) groups excluding carboxylic acids is 1. The zero-order chi connectivity index (χ0) is 16.8. The fourth-order valence-electron chi connectivity index (χ4n) is 3.02. The summed E-state index contributed by atoms with van der Waals surface area (Å²) in [5, 5.41) is 0. The van der Waals surface area contributed by atoms with Gasteiger partial charge in [0.25, 0.3) is 0 Å². The van der Waals surface area contributed by atoms with E-state index in [-0.39, 0.29) is 18.4 Å². The first-order chi connectivity index (χ1) is 11.7. The van der Waals surface area contributed by atoms with Crippen molar-refractivity contribution < 1.29 is 9.53 Å². The van der Waals surface area contributed by atoms with Gasteiger partial charge in [-0.05, 0) is 61.3 Å². The lowest BCUT2D eigenvalue weighted by molar-refractivity contribution is 0.0471. The van der Waals surface area contributed by atoms with E-state index in [0.29, 0.717) is 12.2 Å². The van der Waals surface area contributed by atoms with Crippen LogP contribution in [0.25, 0.3) is 0 Å². The van der Waals surface area contributed by atoms with Crippen LogP contribution in [0.4, 0.5) is 0 Å². The molecule has 1 aliphatic heterocycles. The molecular weight excluding hydrogens is 402 g/mol. The molecule has 0 atom stereocenters. The van der Waals surface area contributed by atoms with Crippen molar-refractivity contribution in [2.45, 2.75) is 32.4 Å². The first kappa shape index (κ1) is 20.0. The van der Waals surface area contributed by atoms with Gasteiger partial charge in [-0.2, -0.15) is 0 Å². The van der Waals surface area contributed by atoms with Crippen molar-refractivity contribution in [3.63, 3.8) is 0 Å². The van der Waals surface area contributed by atoms with Gasteiger partial charge >= 0.3 is 5.97 Å². The fourth-order valence-corrected chi connectivity index (χ4v) is 3.29. The number of rotatable bonds is 5. The van der Waals surface area contributed by atoms with Crippen LogP contribution in [-0.2, 0) is 17.9 Å². The Hall–Kier alpha value is -1.36. The number of esters is 1. The molecule has 3 nitrogen and oxygen atoms in total. The highest BCUT2D eigenvalue weighted by molar-refractivity contribution is 9.10. The molecule has 1 aliphatic rings. The summed E-state index contributed by atoms with van der Waals surface area (Å²) in [4.78, 5) is 14.7. The van der Waals surface area contributed by atoms with E-state index in [4.69, 9.17) is 4.74 Å². The van der Waals surface area contributed by atoms with Crippen LogP contribution in [0.3, 0.4) is 0 Å². The highest BCUT2D eigenvalue weighted by Crippen LogP contribution is 2.18. The summed E-state index contributed by atoms with van der Waals surface area (Å²) in [5.41, 5.74) is 2.92. The van der Waals surface area contributed by atoms with Crippen LogP contribution >= 0.6 is 28.3 Å². The van der Waals surface area contributed by atoms with Crippen molar-refractivity contribution in [1.29, 1.82) is 0 Å². The molecule has 3 rings (SSSR count). The summed E-state index contributed by atoms with van der Waals surface area (Å²) in [6.45, 7) is 3.57. The first-order valence-electron chi connectivity index (χ1n) is 8.44. The molecule has 0 unspecified atom stereocenters. The second-order valence-electron chi connectivity index (χ2n) is 6.19. The number of hydrogen-bond donors (Lipinski definition) is 0. The SMILES string of the molecule is Cl.O=C(OCc1ccccc1CN1CCCCC1)c1ccc(Br)cc1. The lowest BCUT2D eigenvalue weighted by Crippen LogP contribution is -2.29. The highest BCUT2D eigenvalue weighted by Gasteiger charge is 2.13. The number of carbonyl (C=O) groups is 1. The third kappa shape index (κ3) is 5.84. The predicted molar refractivity (Wildman–Crippen MR) is 106 cm³/mol. The number of hydrogen-bond acceptors (Lipinski definition) is 3. The average Bonchev–Trinajstić information content (AvgIpc) is 2.62.